The van der Waals surface area contributed by atoms with E-state index in [0.717, 1.165) is 28.5 Å². The Labute approximate surface area is 146 Å². The van der Waals surface area contributed by atoms with Crippen LogP contribution in [0.2, 0.25) is 0 Å². The van der Waals surface area contributed by atoms with Crippen LogP contribution >= 0.6 is 12.2 Å². The van der Waals surface area contributed by atoms with Gasteiger partial charge >= 0.3 is 0 Å². The fourth-order valence-corrected chi connectivity index (χ4v) is 2.61. The highest BCUT2D eigenvalue weighted by molar-refractivity contribution is 7.80. The molecule has 1 aliphatic rings. The predicted molar refractivity (Wildman–Crippen MR) is 98.1 cm³/mol. The summed E-state index contributed by atoms with van der Waals surface area (Å²) in [6.45, 7) is 4.34. The predicted octanol–water partition coefficient (Wildman–Crippen LogP) is 3.34. The van der Waals surface area contributed by atoms with Crippen molar-refractivity contribution in [2.24, 2.45) is 0 Å². The largest absolute Gasteiger partial charge is 0.494 e. The van der Waals surface area contributed by atoms with E-state index >= 15 is 0 Å². The first-order valence-electron chi connectivity index (χ1n) is 7.91. The molecule has 1 aliphatic heterocycles. The van der Waals surface area contributed by atoms with Gasteiger partial charge in [-0.2, -0.15) is 0 Å². The Morgan fingerprint density at radius 1 is 1.12 bits per heavy atom. The minimum Gasteiger partial charge on any atom is -0.494 e. The van der Waals surface area contributed by atoms with Gasteiger partial charge < -0.3 is 24.8 Å². The molecule has 0 radical (unpaired) electrons. The van der Waals surface area contributed by atoms with Crippen LogP contribution < -0.4 is 24.8 Å². The highest BCUT2D eigenvalue weighted by Gasteiger charge is 2.12. The maximum Gasteiger partial charge on any atom is 0.171 e. The molecule has 0 unspecified atom stereocenters. The number of hydrogen-bond acceptors (Lipinski definition) is 4. The summed E-state index contributed by atoms with van der Waals surface area (Å²) in [7, 11) is 0. The topological polar surface area (TPSA) is 51.8 Å². The fourth-order valence-electron chi connectivity index (χ4n) is 2.42. The number of ether oxygens (including phenoxy) is 3. The zero-order valence-corrected chi connectivity index (χ0v) is 14.3. The molecule has 0 fully saturated rings. The Hall–Kier alpha value is -2.47. The van der Waals surface area contributed by atoms with E-state index in [1.165, 1.54) is 0 Å². The lowest BCUT2D eigenvalue weighted by Crippen LogP contribution is -2.28. The second kappa shape index (κ2) is 7.88. The molecule has 0 atom stereocenters. The van der Waals surface area contributed by atoms with Crippen molar-refractivity contribution in [1.29, 1.82) is 0 Å². The molecule has 2 aromatic carbocycles. The molecule has 0 saturated heterocycles. The average Bonchev–Trinajstić information content (AvgIpc) is 2.61. The van der Waals surface area contributed by atoms with Crippen LogP contribution in [0.1, 0.15) is 12.5 Å². The lowest BCUT2D eigenvalue weighted by Gasteiger charge is -2.19. The van der Waals surface area contributed by atoms with E-state index < -0.39 is 0 Å². The van der Waals surface area contributed by atoms with Crippen LogP contribution in [0.3, 0.4) is 0 Å². The van der Waals surface area contributed by atoms with Gasteiger partial charge in [-0.15, -0.1) is 0 Å². The Morgan fingerprint density at radius 2 is 1.92 bits per heavy atom. The average molecular weight is 344 g/mol. The number of para-hydroxylation sites is 1. The molecule has 2 N–H and O–H groups in total. The zero-order chi connectivity index (χ0) is 16.8. The summed E-state index contributed by atoms with van der Waals surface area (Å²) in [4.78, 5) is 0. The number of nitrogens with one attached hydrogen (secondary N) is 2. The first-order valence-corrected chi connectivity index (χ1v) is 8.32. The number of thiocarbonyl (C=S) groups is 1. The Kier molecular flexibility index (Phi) is 5.38. The second-order valence-corrected chi connectivity index (χ2v) is 5.62. The highest BCUT2D eigenvalue weighted by atomic mass is 32.1. The third-order valence-corrected chi connectivity index (χ3v) is 3.76. The van der Waals surface area contributed by atoms with Gasteiger partial charge in [-0.05, 0) is 37.3 Å². The molecule has 2 aromatic rings. The van der Waals surface area contributed by atoms with Crippen molar-refractivity contribution in [2.75, 3.05) is 25.1 Å². The molecule has 3 rings (SSSR count). The molecule has 24 heavy (non-hydrogen) atoms. The molecule has 126 valence electrons. The molecular formula is C18H20N2O3S. The molecule has 0 saturated carbocycles. The van der Waals surface area contributed by atoms with Crippen molar-refractivity contribution < 1.29 is 14.2 Å². The third kappa shape index (κ3) is 4.08. The van der Waals surface area contributed by atoms with Crippen molar-refractivity contribution in [3.63, 3.8) is 0 Å². The van der Waals surface area contributed by atoms with Gasteiger partial charge in [-0.1, -0.05) is 18.2 Å². The van der Waals surface area contributed by atoms with E-state index in [0.29, 0.717) is 31.5 Å². The second-order valence-electron chi connectivity index (χ2n) is 5.21. The maximum atomic E-state index is 5.62. The summed E-state index contributed by atoms with van der Waals surface area (Å²) in [6, 6.07) is 13.6. The van der Waals surface area contributed by atoms with Crippen LogP contribution in [0.5, 0.6) is 17.2 Å². The van der Waals surface area contributed by atoms with Crippen LogP contribution in [0.4, 0.5) is 5.69 Å². The molecular weight excluding hydrogens is 324 g/mol. The summed E-state index contributed by atoms with van der Waals surface area (Å²) in [6.07, 6.45) is 0. The summed E-state index contributed by atoms with van der Waals surface area (Å²) < 4.78 is 16.7. The number of hydrogen-bond donors (Lipinski definition) is 2. The van der Waals surface area contributed by atoms with E-state index in [1.54, 1.807) is 0 Å². The van der Waals surface area contributed by atoms with Crippen LogP contribution in [0.15, 0.2) is 42.5 Å². The molecule has 1 heterocycles. The molecule has 0 aromatic heterocycles. The zero-order valence-electron chi connectivity index (χ0n) is 13.5. The quantitative estimate of drug-likeness (QED) is 0.812. The molecule has 0 amide bonds. The monoisotopic (exact) mass is 344 g/mol. The molecule has 0 aliphatic carbocycles. The van der Waals surface area contributed by atoms with Crippen LogP contribution in [0.25, 0.3) is 0 Å². The minimum atomic E-state index is 0.540. The summed E-state index contributed by atoms with van der Waals surface area (Å²) in [5.41, 5.74) is 1.92. The lowest BCUT2D eigenvalue weighted by atomic mass is 10.2. The van der Waals surface area contributed by atoms with Crippen LogP contribution in [0, 0.1) is 0 Å². The van der Waals surface area contributed by atoms with E-state index in [-0.39, 0.29) is 0 Å². The minimum absolute atomic E-state index is 0.540. The van der Waals surface area contributed by atoms with Gasteiger partial charge in [0.05, 0.1) is 6.61 Å². The summed E-state index contributed by atoms with van der Waals surface area (Å²) >= 11 is 5.36. The summed E-state index contributed by atoms with van der Waals surface area (Å²) in [5, 5.41) is 6.89. The van der Waals surface area contributed by atoms with E-state index in [2.05, 4.69) is 10.6 Å². The van der Waals surface area contributed by atoms with Gasteiger partial charge in [0.25, 0.3) is 0 Å². The Morgan fingerprint density at radius 3 is 2.75 bits per heavy atom. The molecule has 5 nitrogen and oxygen atoms in total. The van der Waals surface area contributed by atoms with Gasteiger partial charge in [0.2, 0.25) is 0 Å². The number of fused-ring (bicyclic) bond motifs is 1. The Bertz CT molecular complexity index is 721. The van der Waals surface area contributed by atoms with Gasteiger partial charge in [-0.3, -0.25) is 0 Å². The van der Waals surface area contributed by atoms with Crippen molar-refractivity contribution in [3.8, 4) is 17.2 Å². The van der Waals surface area contributed by atoms with Crippen molar-refractivity contribution in [1.82, 2.24) is 5.32 Å². The van der Waals surface area contributed by atoms with Gasteiger partial charge in [0.15, 0.2) is 16.6 Å². The highest BCUT2D eigenvalue weighted by Crippen LogP contribution is 2.32. The van der Waals surface area contributed by atoms with Gasteiger partial charge in [0, 0.05) is 23.9 Å². The Balaban J connectivity index is 1.58. The van der Waals surface area contributed by atoms with E-state index in [4.69, 9.17) is 26.4 Å². The fraction of sp³-hybridized carbons (Fsp3) is 0.278. The standard InChI is InChI=1S/C18H20N2O3S/c1-2-21-15-6-4-3-5-13(15)12-19-18(24)20-14-7-8-16-17(11-14)23-10-9-22-16/h3-8,11H,2,9-10,12H2,1H3,(H2,19,20,24). The number of rotatable bonds is 5. The maximum absolute atomic E-state index is 5.62. The summed E-state index contributed by atoms with van der Waals surface area (Å²) in [5.74, 6) is 2.36. The van der Waals surface area contributed by atoms with E-state index in [9.17, 15) is 0 Å². The van der Waals surface area contributed by atoms with Crippen LogP contribution in [-0.2, 0) is 6.54 Å². The lowest BCUT2D eigenvalue weighted by molar-refractivity contribution is 0.171. The SMILES string of the molecule is CCOc1ccccc1CNC(=S)Nc1ccc2c(c1)OCCO2. The van der Waals surface area contributed by atoms with Crippen molar-refractivity contribution >= 4 is 23.0 Å². The first-order chi connectivity index (χ1) is 11.8. The molecule has 0 bridgehead atoms. The third-order valence-electron chi connectivity index (χ3n) is 3.51. The number of anilines is 1. The van der Waals surface area contributed by atoms with Crippen molar-refractivity contribution in [2.45, 2.75) is 13.5 Å². The number of benzene rings is 2. The van der Waals surface area contributed by atoms with Crippen molar-refractivity contribution in [3.05, 3.63) is 48.0 Å². The van der Waals surface area contributed by atoms with Gasteiger partial charge in [0.1, 0.15) is 19.0 Å². The molecule has 0 spiro atoms. The normalized spacial score (nSPS) is 12.4. The van der Waals surface area contributed by atoms with E-state index in [1.807, 2.05) is 49.4 Å². The molecule has 6 heteroatoms. The van der Waals surface area contributed by atoms with Crippen LogP contribution in [-0.4, -0.2) is 24.9 Å². The van der Waals surface area contributed by atoms with Gasteiger partial charge in [-0.25, -0.2) is 0 Å². The smallest absolute Gasteiger partial charge is 0.171 e. The first kappa shape index (κ1) is 16.4.